The Kier molecular flexibility index (Phi) is 4.51. The normalized spacial score (nSPS) is 15.0. The van der Waals surface area contributed by atoms with Gasteiger partial charge in [0.2, 0.25) is 5.90 Å². The number of aromatic nitrogens is 1. The minimum Gasteiger partial charge on any atom is -0.475 e. The predicted molar refractivity (Wildman–Crippen MR) is 127 cm³/mol. The van der Waals surface area contributed by atoms with Crippen LogP contribution >= 0.6 is 0 Å². The first-order chi connectivity index (χ1) is 15.0. The molecule has 4 aromatic rings. The van der Waals surface area contributed by atoms with Crippen molar-refractivity contribution in [1.82, 2.24) is 4.57 Å². The van der Waals surface area contributed by atoms with E-state index in [0.717, 1.165) is 33.2 Å². The summed E-state index contributed by atoms with van der Waals surface area (Å²) in [4.78, 5) is 18.5. The monoisotopic (exact) mass is 408 g/mol. The Morgan fingerprint density at radius 2 is 1.45 bits per heavy atom. The molecule has 1 aromatic heterocycles. The standard InChI is InChI=1S/C27H24N2O2/c1-27(2)17-31-25(28-27)20-15-10-16-21-24(20)22(18-11-6-4-7-12-18)23(26(30)29(21)3)19-13-8-5-9-14-19/h4-16H,17H2,1-3H3. The summed E-state index contributed by atoms with van der Waals surface area (Å²) in [5, 5.41) is 0.978. The molecule has 3 aromatic carbocycles. The molecule has 0 fully saturated rings. The van der Waals surface area contributed by atoms with Crippen molar-refractivity contribution < 1.29 is 4.74 Å². The molecule has 0 saturated carbocycles. The number of pyridine rings is 1. The van der Waals surface area contributed by atoms with Gasteiger partial charge in [0.05, 0.1) is 16.6 Å². The molecule has 31 heavy (non-hydrogen) atoms. The van der Waals surface area contributed by atoms with Gasteiger partial charge in [-0.05, 0) is 37.1 Å². The van der Waals surface area contributed by atoms with Crippen LogP contribution in [0.1, 0.15) is 19.4 Å². The van der Waals surface area contributed by atoms with Gasteiger partial charge in [-0.25, -0.2) is 4.99 Å². The minimum absolute atomic E-state index is 0.0238. The Labute approximate surface area is 181 Å². The lowest BCUT2D eigenvalue weighted by Gasteiger charge is -2.19. The van der Waals surface area contributed by atoms with Crippen molar-refractivity contribution in [3.05, 3.63) is 94.8 Å². The summed E-state index contributed by atoms with van der Waals surface area (Å²) >= 11 is 0. The highest BCUT2D eigenvalue weighted by molar-refractivity contribution is 6.14. The number of benzene rings is 3. The third-order valence-electron chi connectivity index (χ3n) is 5.74. The van der Waals surface area contributed by atoms with Gasteiger partial charge in [0.1, 0.15) is 6.61 Å². The number of hydrogen-bond donors (Lipinski definition) is 0. The van der Waals surface area contributed by atoms with Gasteiger partial charge < -0.3 is 9.30 Å². The molecule has 0 aliphatic carbocycles. The van der Waals surface area contributed by atoms with Crippen molar-refractivity contribution in [2.24, 2.45) is 12.0 Å². The molecule has 0 radical (unpaired) electrons. The fourth-order valence-electron chi connectivity index (χ4n) is 4.26. The first-order valence-corrected chi connectivity index (χ1v) is 10.5. The molecule has 0 saturated heterocycles. The molecule has 4 nitrogen and oxygen atoms in total. The van der Waals surface area contributed by atoms with E-state index < -0.39 is 0 Å². The number of nitrogens with zero attached hydrogens (tertiary/aromatic N) is 2. The fourth-order valence-corrected chi connectivity index (χ4v) is 4.26. The van der Waals surface area contributed by atoms with Crippen LogP contribution in [0.15, 0.2) is 88.6 Å². The Hall–Kier alpha value is -3.66. The van der Waals surface area contributed by atoms with Gasteiger partial charge in [-0.3, -0.25) is 4.79 Å². The highest BCUT2D eigenvalue weighted by atomic mass is 16.5. The lowest BCUT2D eigenvalue weighted by Crippen LogP contribution is -2.21. The Morgan fingerprint density at radius 1 is 0.839 bits per heavy atom. The topological polar surface area (TPSA) is 43.6 Å². The van der Waals surface area contributed by atoms with Gasteiger partial charge in [0.25, 0.3) is 5.56 Å². The van der Waals surface area contributed by atoms with E-state index in [9.17, 15) is 4.79 Å². The largest absolute Gasteiger partial charge is 0.475 e. The van der Waals surface area contributed by atoms with Crippen molar-refractivity contribution in [1.29, 1.82) is 0 Å². The average Bonchev–Trinajstić information content (AvgIpc) is 3.16. The molecule has 2 heterocycles. The Bertz CT molecular complexity index is 1370. The van der Waals surface area contributed by atoms with Crippen LogP contribution in [0.25, 0.3) is 33.2 Å². The summed E-state index contributed by atoms with van der Waals surface area (Å²) in [5.74, 6) is 0.630. The van der Waals surface area contributed by atoms with Crippen molar-refractivity contribution >= 4 is 16.8 Å². The van der Waals surface area contributed by atoms with Crippen LogP contribution in [0, 0.1) is 0 Å². The maximum absolute atomic E-state index is 13.6. The third-order valence-corrected chi connectivity index (χ3v) is 5.74. The zero-order chi connectivity index (χ0) is 21.6. The molecule has 0 bridgehead atoms. The van der Waals surface area contributed by atoms with Crippen LogP contribution in [0.4, 0.5) is 0 Å². The summed E-state index contributed by atoms with van der Waals surface area (Å²) < 4.78 is 7.76. The summed E-state index contributed by atoms with van der Waals surface area (Å²) in [6.45, 7) is 4.67. The first-order valence-electron chi connectivity index (χ1n) is 10.5. The molecule has 0 atom stereocenters. The van der Waals surface area contributed by atoms with Gasteiger partial charge >= 0.3 is 0 Å². The molecule has 5 rings (SSSR count). The SMILES string of the molecule is Cn1c(=O)c(-c2ccccc2)c(-c2ccccc2)c2c(C3=NC(C)(C)CO3)cccc21. The van der Waals surface area contributed by atoms with E-state index in [0.29, 0.717) is 18.1 Å². The lowest BCUT2D eigenvalue weighted by atomic mass is 9.90. The summed E-state index contributed by atoms with van der Waals surface area (Å²) in [5.41, 5.74) is 4.97. The van der Waals surface area contributed by atoms with Gasteiger partial charge in [0.15, 0.2) is 0 Å². The fraction of sp³-hybridized carbons (Fsp3) is 0.185. The van der Waals surface area contributed by atoms with E-state index in [2.05, 4.69) is 26.0 Å². The summed E-state index contributed by atoms with van der Waals surface area (Å²) in [7, 11) is 1.83. The van der Waals surface area contributed by atoms with Crippen LogP contribution in [0.5, 0.6) is 0 Å². The number of aryl methyl sites for hydroxylation is 1. The Balaban J connectivity index is 1.98. The van der Waals surface area contributed by atoms with Crippen LogP contribution in [-0.2, 0) is 11.8 Å². The maximum Gasteiger partial charge on any atom is 0.259 e. The van der Waals surface area contributed by atoms with E-state index in [1.807, 2.05) is 73.8 Å². The molecule has 1 aliphatic rings. The van der Waals surface area contributed by atoms with Crippen molar-refractivity contribution in [3.63, 3.8) is 0 Å². The van der Waals surface area contributed by atoms with Crippen LogP contribution < -0.4 is 5.56 Å². The molecule has 0 unspecified atom stereocenters. The highest BCUT2D eigenvalue weighted by Crippen LogP contribution is 2.38. The zero-order valence-electron chi connectivity index (χ0n) is 17.9. The number of aliphatic imine (C=N–C) groups is 1. The van der Waals surface area contributed by atoms with Crippen molar-refractivity contribution in [3.8, 4) is 22.3 Å². The number of fused-ring (bicyclic) bond motifs is 1. The minimum atomic E-state index is -0.271. The molecular formula is C27H24N2O2. The first kappa shape index (κ1) is 19.3. The predicted octanol–water partition coefficient (Wildman–Crippen LogP) is 5.43. The van der Waals surface area contributed by atoms with Gasteiger partial charge in [-0.1, -0.05) is 66.7 Å². The van der Waals surface area contributed by atoms with Crippen molar-refractivity contribution in [2.45, 2.75) is 19.4 Å². The highest BCUT2D eigenvalue weighted by Gasteiger charge is 2.29. The quantitative estimate of drug-likeness (QED) is 0.454. The average molecular weight is 409 g/mol. The molecule has 0 spiro atoms. The second kappa shape index (κ2) is 7.24. The maximum atomic E-state index is 13.6. The molecule has 0 amide bonds. The smallest absolute Gasteiger partial charge is 0.259 e. The van der Waals surface area contributed by atoms with E-state index in [-0.39, 0.29) is 11.1 Å². The number of rotatable bonds is 3. The van der Waals surface area contributed by atoms with E-state index in [1.54, 1.807) is 4.57 Å². The number of ether oxygens (including phenoxy) is 1. The Morgan fingerprint density at radius 3 is 2.03 bits per heavy atom. The summed E-state index contributed by atoms with van der Waals surface area (Å²) in [6.07, 6.45) is 0. The van der Waals surface area contributed by atoms with E-state index >= 15 is 0 Å². The lowest BCUT2D eigenvalue weighted by molar-refractivity contribution is 0.279. The van der Waals surface area contributed by atoms with Gasteiger partial charge in [-0.2, -0.15) is 0 Å². The van der Waals surface area contributed by atoms with Gasteiger partial charge in [-0.15, -0.1) is 0 Å². The second-order valence-corrected chi connectivity index (χ2v) is 8.56. The third kappa shape index (κ3) is 3.25. The van der Waals surface area contributed by atoms with Crippen LogP contribution in [0.3, 0.4) is 0 Å². The zero-order valence-corrected chi connectivity index (χ0v) is 17.9. The molecule has 0 N–H and O–H groups in total. The van der Waals surface area contributed by atoms with Gasteiger partial charge in [0, 0.05) is 23.6 Å². The van der Waals surface area contributed by atoms with E-state index in [4.69, 9.17) is 9.73 Å². The summed E-state index contributed by atoms with van der Waals surface area (Å²) in [6, 6.07) is 26.0. The van der Waals surface area contributed by atoms with E-state index in [1.165, 1.54) is 0 Å². The van der Waals surface area contributed by atoms with Crippen LogP contribution in [0.2, 0.25) is 0 Å². The van der Waals surface area contributed by atoms with Crippen LogP contribution in [-0.4, -0.2) is 22.6 Å². The second-order valence-electron chi connectivity index (χ2n) is 8.56. The molecule has 1 aliphatic heterocycles. The molecule has 4 heteroatoms. The van der Waals surface area contributed by atoms with Crippen molar-refractivity contribution in [2.75, 3.05) is 6.61 Å². The molecular weight excluding hydrogens is 384 g/mol. The molecule has 154 valence electrons. The number of hydrogen-bond acceptors (Lipinski definition) is 3.